The van der Waals surface area contributed by atoms with E-state index in [1.807, 2.05) is 6.08 Å². The van der Waals surface area contributed by atoms with Gasteiger partial charge < -0.3 is 4.29 Å². The van der Waals surface area contributed by atoms with Crippen molar-refractivity contribution in [3.8, 4) is 0 Å². The molecule has 3 heteroatoms. The minimum absolute atomic E-state index is 0.377. The second-order valence-electron chi connectivity index (χ2n) is 4.40. The average molecular weight is 261 g/mol. The van der Waals surface area contributed by atoms with Crippen LogP contribution in [0.15, 0.2) is 11.6 Å². The van der Waals surface area contributed by atoms with Crippen LogP contribution in [0.5, 0.6) is 0 Å². The number of unbranched alkanes of at least 4 members (excludes halogenated alkanes) is 6. The van der Waals surface area contributed by atoms with Crippen LogP contribution in [0.2, 0.25) is 0 Å². The molecule has 0 aromatic rings. The molecular weight excluding hydrogens is 236 g/mol. The predicted molar refractivity (Wildman–Crippen MR) is 72.9 cm³/mol. The van der Waals surface area contributed by atoms with Gasteiger partial charge in [-0.1, -0.05) is 52.0 Å². The summed E-state index contributed by atoms with van der Waals surface area (Å²) in [6, 6.07) is 0. The second-order valence-corrected chi connectivity index (χ2v) is 4.55. The van der Waals surface area contributed by atoms with E-state index >= 15 is 0 Å². The topological polar surface area (TPSA) is 26.3 Å². The molecule has 17 heavy (non-hydrogen) atoms. The molecule has 0 aliphatic heterocycles. The SMILES string of the molecule is CCCCCC/C=C(\CCCCC)C(=O)OCl. The summed E-state index contributed by atoms with van der Waals surface area (Å²) in [5.41, 5.74) is 0.741. The Morgan fingerprint density at radius 3 is 2.29 bits per heavy atom. The first-order chi connectivity index (χ1) is 8.26. The maximum atomic E-state index is 11.4. The zero-order valence-electron chi connectivity index (χ0n) is 11.1. The molecule has 0 saturated carbocycles. The van der Waals surface area contributed by atoms with Crippen molar-refractivity contribution in [2.24, 2.45) is 0 Å². The molecule has 0 unspecified atom stereocenters. The number of allylic oxidation sites excluding steroid dienone is 1. The highest BCUT2D eigenvalue weighted by Gasteiger charge is 2.09. The van der Waals surface area contributed by atoms with Crippen LogP contribution in [0.4, 0.5) is 0 Å². The zero-order valence-corrected chi connectivity index (χ0v) is 11.9. The number of halogens is 1. The van der Waals surface area contributed by atoms with E-state index in [4.69, 9.17) is 11.9 Å². The number of hydrogen-bond acceptors (Lipinski definition) is 2. The maximum Gasteiger partial charge on any atom is 0.351 e. The van der Waals surface area contributed by atoms with Crippen LogP contribution >= 0.6 is 11.9 Å². The Labute approximate surface area is 111 Å². The van der Waals surface area contributed by atoms with E-state index in [-0.39, 0.29) is 5.97 Å². The fraction of sp³-hybridized carbons (Fsp3) is 0.786. The summed E-state index contributed by atoms with van der Waals surface area (Å²) in [6.45, 7) is 4.34. The third-order valence-electron chi connectivity index (χ3n) is 2.83. The van der Waals surface area contributed by atoms with Gasteiger partial charge in [0.2, 0.25) is 0 Å². The van der Waals surface area contributed by atoms with Crippen molar-refractivity contribution < 1.29 is 9.08 Å². The Kier molecular flexibility index (Phi) is 11.6. The van der Waals surface area contributed by atoms with Gasteiger partial charge in [0.25, 0.3) is 0 Å². The van der Waals surface area contributed by atoms with Gasteiger partial charge in [0.05, 0.1) is 0 Å². The Morgan fingerprint density at radius 1 is 1.06 bits per heavy atom. The normalized spacial score (nSPS) is 11.6. The number of carbonyl (C=O) groups is 1. The van der Waals surface area contributed by atoms with Gasteiger partial charge in [0, 0.05) is 5.57 Å². The number of rotatable bonds is 10. The average Bonchev–Trinajstić information content (AvgIpc) is 2.35. The van der Waals surface area contributed by atoms with E-state index in [1.165, 1.54) is 19.3 Å². The lowest BCUT2D eigenvalue weighted by Crippen LogP contribution is -2.02. The van der Waals surface area contributed by atoms with Crippen LogP contribution in [0, 0.1) is 0 Å². The lowest BCUT2D eigenvalue weighted by atomic mass is 10.0. The molecule has 0 spiro atoms. The monoisotopic (exact) mass is 260 g/mol. The summed E-state index contributed by atoms with van der Waals surface area (Å²) in [6.07, 6.45) is 11.9. The predicted octanol–water partition coefficient (Wildman–Crippen LogP) is 5.16. The molecule has 0 N–H and O–H groups in total. The van der Waals surface area contributed by atoms with E-state index in [0.717, 1.165) is 44.1 Å². The first-order valence-electron chi connectivity index (χ1n) is 6.78. The van der Waals surface area contributed by atoms with Crippen molar-refractivity contribution in [2.75, 3.05) is 0 Å². The summed E-state index contributed by atoms with van der Waals surface area (Å²) in [5.74, 6) is -0.377. The quantitative estimate of drug-likeness (QED) is 0.401. The highest BCUT2D eigenvalue weighted by atomic mass is 35.5. The summed E-state index contributed by atoms with van der Waals surface area (Å²) < 4.78 is 4.29. The zero-order chi connectivity index (χ0) is 12.9. The molecule has 100 valence electrons. The van der Waals surface area contributed by atoms with Crippen LogP contribution in [0.3, 0.4) is 0 Å². The molecule has 0 aromatic carbocycles. The van der Waals surface area contributed by atoms with Gasteiger partial charge in [-0.3, -0.25) is 0 Å². The minimum Gasteiger partial charge on any atom is -0.343 e. The van der Waals surface area contributed by atoms with Crippen molar-refractivity contribution >= 4 is 17.8 Å². The molecule has 0 atom stereocenters. The molecule has 2 nitrogen and oxygen atoms in total. The minimum atomic E-state index is -0.377. The standard InChI is InChI=1S/C14H25ClO2/c1-3-5-7-8-10-12-13(14(16)17-15)11-9-6-4-2/h12H,3-11H2,1-2H3/b13-12+. The third kappa shape index (κ3) is 9.22. The summed E-state index contributed by atoms with van der Waals surface area (Å²) in [4.78, 5) is 11.4. The Hall–Kier alpha value is -0.500. The first-order valence-corrected chi connectivity index (χ1v) is 7.09. The molecule has 0 aliphatic carbocycles. The van der Waals surface area contributed by atoms with E-state index in [0.29, 0.717) is 0 Å². The van der Waals surface area contributed by atoms with Gasteiger partial charge in [0.1, 0.15) is 11.9 Å². The van der Waals surface area contributed by atoms with Gasteiger partial charge in [-0.2, -0.15) is 0 Å². The first kappa shape index (κ1) is 16.5. The summed E-state index contributed by atoms with van der Waals surface area (Å²) in [5, 5.41) is 0. The molecule has 0 heterocycles. The Balaban J connectivity index is 3.98. The van der Waals surface area contributed by atoms with Crippen molar-refractivity contribution in [3.05, 3.63) is 11.6 Å². The Morgan fingerprint density at radius 2 is 1.71 bits per heavy atom. The largest absolute Gasteiger partial charge is 0.351 e. The fourth-order valence-electron chi connectivity index (χ4n) is 1.75. The van der Waals surface area contributed by atoms with Crippen LogP contribution < -0.4 is 0 Å². The van der Waals surface area contributed by atoms with Gasteiger partial charge in [-0.25, -0.2) is 4.79 Å². The number of hydrogen-bond donors (Lipinski definition) is 0. The third-order valence-corrected chi connectivity index (χ3v) is 2.97. The van der Waals surface area contributed by atoms with E-state index in [1.54, 1.807) is 0 Å². The van der Waals surface area contributed by atoms with Gasteiger partial charge >= 0.3 is 5.97 Å². The highest BCUT2D eigenvalue weighted by Crippen LogP contribution is 2.14. The number of carbonyl (C=O) groups excluding carboxylic acids is 1. The molecule has 0 bridgehead atoms. The van der Waals surface area contributed by atoms with Gasteiger partial charge in [-0.05, 0) is 25.7 Å². The van der Waals surface area contributed by atoms with Crippen molar-refractivity contribution in [1.82, 2.24) is 0 Å². The van der Waals surface area contributed by atoms with Gasteiger partial charge in [-0.15, -0.1) is 0 Å². The van der Waals surface area contributed by atoms with E-state index in [2.05, 4.69) is 18.1 Å². The molecular formula is C14H25ClO2. The van der Waals surface area contributed by atoms with Crippen molar-refractivity contribution in [1.29, 1.82) is 0 Å². The van der Waals surface area contributed by atoms with Crippen LogP contribution in [0.1, 0.15) is 71.6 Å². The lowest BCUT2D eigenvalue weighted by Gasteiger charge is -2.03. The maximum absolute atomic E-state index is 11.4. The lowest BCUT2D eigenvalue weighted by molar-refractivity contribution is -0.129. The van der Waals surface area contributed by atoms with Crippen molar-refractivity contribution in [2.45, 2.75) is 71.6 Å². The van der Waals surface area contributed by atoms with Crippen LogP contribution in [-0.2, 0) is 9.08 Å². The summed E-state index contributed by atoms with van der Waals surface area (Å²) in [7, 11) is 0. The highest BCUT2D eigenvalue weighted by molar-refractivity contribution is 6.15. The van der Waals surface area contributed by atoms with E-state index < -0.39 is 0 Å². The van der Waals surface area contributed by atoms with Crippen molar-refractivity contribution in [3.63, 3.8) is 0 Å². The molecule has 0 aliphatic rings. The molecule has 0 rings (SSSR count). The van der Waals surface area contributed by atoms with Crippen LogP contribution in [-0.4, -0.2) is 5.97 Å². The smallest absolute Gasteiger partial charge is 0.343 e. The molecule has 0 radical (unpaired) electrons. The molecule has 0 amide bonds. The molecule has 0 fully saturated rings. The van der Waals surface area contributed by atoms with Gasteiger partial charge in [0.15, 0.2) is 0 Å². The van der Waals surface area contributed by atoms with E-state index in [9.17, 15) is 4.79 Å². The molecule has 0 saturated heterocycles. The fourth-order valence-corrected chi connectivity index (χ4v) is 1.85. The molecule has 0 aromatic heterocycles. The van der Waals surface area contributed by atoms with Crippen LogP contribution in [0.25, 0.3) is 0 Å². The Bertz CT molecular complexity index is 224. The second kappa shape index (κ2) is 12.0. The summed E-state index contributed by atoms with van der Waals surface area (Å²) >= 11 is 5.13.